The van der Waals surface area contributed by atoms with Gasteiger partial charge in [0, 0.05) is 18.8 Å². The Labute approximate surface area is 73.8 Å². The number of nitrogens with zero attached hydrogens (tertiary/aromatic N) is 2. The third-order valence-electron chi connectivity index (χ3n) is 1.76. The van der Waals surface area contributed by atoms with Crippen LogP contribution in [0.25, 0.3) is 5.65 Å². The van der Waals surface area contributed by atoms with Crippen LogP contribution in [0.4, 0.5) is 4.39 Å². The van der Waals surface area contributed by atoms with E-state index in [1.165, 1.54) is 12.3 Å². The van der Waals surface area contributed by atoms with Crippen molar-refractivity contribution in [1.82, 2.24) is 9.38 Å². The van der Waals surface area contributed by atoms with Gasteiger partial charge in [0.25, 0.3) is 0 Å². The van der Waals surface area contributed by atoms with E-state index in [0.717, 1.165) is 6.29 Å². The number of hydrogen-bond acceptors (Lipinski definition) is 2. The topological polar surface area (TPSA) is 34.4 Å². The number of imidazole rings is 1. The molecular weight excluding hydrogens is 171 g/mol. The SMILES string of the molecule is O=CCc1cn2cc(F)ccc2n1. The molecule has 0 saturated carbocycles. The van der Waals surface area contributed by atoms with Crippen LogP contribution in [0, 0.1) is 5.82 Å². The predicted molar refractivity (Wildman–Crippen MR) is 44.9 cm³/mol. The first kappa shape index (κ1) is 7.91. The third kappa shape index (κ3) is 1.42. The summed E-state index contributed by atoms with van der Waals surface area (Å²) in [5.41, 5.74) is 1.30. The molecule has 13 heavy (non-hydrogen) atoms. The Bertz CT molecular complexity index is 450. The lowest BCUT2D eigenvalue weighted by molar-refractivity contribution is -0.107. The minimum absolute atomic E-state index is 0.267. The zero-order valence-corrected chi connectivity index (χ0v) is 6.77. The Morgan fingerprint density at radius 1 is 1.46 bits per heavy atom. The normalized spacial score (nSPS) is 10.5. The molecule has 2 aromatic rings. The van der Waals surface area contributed by atoms with Crippen molar-refractivity contribution in [2.45, 2.75) is 6.42 Å². The minimum Gasteiger partial charge on any atom is -0.304 e. The van der Waals surface area contributed by atoms with Crippen molar-refractivity contribution in [3.8, 4) is 0 Å². The van der Waals surface area contributed by atoms with Gasteiger partial charge in [-0.15, -0.1) is 0 Å². The van der Waals surface area contributed by atoms with Gasteiger partial charge in [-0.05, 0) is 12.1 Å². The second-order valence-corrected chi connectivity index (χ2v) is 2.72. The average Bonchev–Trinajstić information content (AvgIpc) is 2.46. The monoisotopic (exact) mass is 178 g/mol. The predicted octanol–water partition coefficient (Wildman–Crippen LogP) is 1.21. The second kappa shape index (κ2) is 2.97. The van der Waals surface area contributed by atoms with Gasteiger partial charge < -0.3 is 9.20 Å². The van der Waals surface area contributed by atoms with Crippen LogP contribution in [-0.4, -0.2) is 15.7 Å². The summed E-state index contributed by atoms with van der Waals surface area (Å²) in [7, 11) is 0. The highest BCUT2D eigenvalue weighted by atomic mass is 19.1. The van der Waals surface area contributed by atoms with Gasteiger partial charge in [-0.25, -0.2) is 9.37 Å². The van der Waals surface area contributed by atoms with Crippen molar-refractivity contribution in [1.29, 1.82) is 0 Å². The molecule has 3 nitrogen and oxygen atoms in total. The first-order chi connectivity index (χ1) is 6.29. The van der Waals surface area contributed by atoms with Crippen molar-refractivity contribution < 1.29 is 9.18 Å². The van der Waals surface area contributed by atoms with Crippen molar-refractivity contribution in [3.05, 3.63) is 36.0 Å². The molecule has 0 aliphatic carbocycles. The highest BCUT2D eigenvalue weighted by Gasteiger charge is 2.00. The maximum absolute atomic E-state index is 12.7. The first-order valence-corrected chi connectivity index (χ1v) is 3.86. The zero-order chi connectivity index (χ0) is 9.26. The van der Waals surface area contributed by atoms with E-state index in [9.17, 15) is 9.18 Å². The van der Waals surface area contributed by atoms with E-state index < -0.39 is 0 Å². The van der Waals surface area contributed by atoms with Crippen molar-refractivity contribution in [3.63, 3.8) is 0 Å². The van der Waals surface area contributed by atoms with E-state index in [1.807, 2.05) is 0 Å². The van der Waals surface area contributed by atoms with E-state index in [2.05, 4.69) is 4.98 Å². The number of carbonyl (C=O) groups excluding carboxylic acids is 1. The molecule has 4 heteroatoms. The lowest BCUT2D eigenvalue weighted by Gasteiger charge is -1.90. The molecule has 2 rings (SSSR count). The van der Waals surface area contributed by atoms with Crippen LogP contribution in [0.15, 0.2) is 24.5 Å². The molecule has 0 saturated heterocycles. The Balaban J connectivity index is 2.55. The van der Waals surface area contributed by atoms with E-state index in [4.69, 9.17) is 0 Å². The molecule has 0 atom stereocenters. The van der Waals surface area contributed by atoms with Crippen LogP contribution < -0.4 is 0 Å². The van der Waals surface area contributed by atoms with Gasteiger partial charge in [-0.2, -0.15) is 0 Å². The number of aromatic nitrogens is 2. The summed E-state index contributed by atoms with van der Waals surface area (Å²) in [6.45, 7) is 0. The van der Waals surface area contributed by atoms with Gasteiger partial charge in [0.2, 0.25) is 0 Å². The van der Waals surface area contributed by atoms with Gasteiger partial charge in [0.15, 0.2) is 0 Å². The van der Waals surface area contributed by atoms with E-state index in [1.54, 1.807) is 16.7 Å². The standard InChI is InChI=1S/C9H7FN2O/c10-7-1-2-9-11-8(3-4-13)6-12(9)5-7/h1-2,4-6H,3H2. The van der Waals surface area contributed by atoms with Gasteiger partial charge >= 0.3 is 0 Å². The second-order valence-electron chi connectivity index (χ2n) is 2.72. The Hall–Kier alpha value is -1.71. The molecular formula is C9H7FN2O. The summed E-state index contributed by atoms with van der Waals surface area (Å²) in [4.78, 5) is 14.3. The number of fused-ring (bicyclic) bond motifs is 1. The molecule has 0 unspecified atom stereocenters. The van der Waals surface area contributed by atoms with Crippen molar-refractivity contribution >= 4 is 11.9 Å². The summed E-state index contributed by atoms with van der Waals surface area (Å²) in [6, 6.07) is 2.91. The smallest absolute Gasteiger partial charge is 0.139 e. The molecule has 2 heterocycles. The molecule has 0 fully saturated rings. The summed E-state index contributed by atoms with van der Waals surface area (Å²) >= 11 is 0. The first-order valence-electron chi connectivity index (χ1n) is 3.86. The molecule has 0 radical (unpaired) electrons. The maximum atomic E-state index is 12.7. The fraction of sp³-hybridized carbons (Fsp3) is 0.111. The molecule has 2 aromatic heterocycles. The fourth-order valence-corrected chi connectivity index (χ4v) is 1.20. The summed E-state index contributed by atoms with van der Waals surface area (Å²) in [5.74, 6) is -0.317. The number of carbonyl (C=O) groups is 1. The molecule has 0 spiro atoms. The van der Waals surface area contributed by atoms with E-state index >= 15 is 0 Å². The Morgan fingerprint density at radius 2 is 2.31 bits per heavy atom. The molecule has 0 N–H and O–H groups in total. The summed E-state index contributed by atoms with van der Waals surface area (Å²) in [6.07, 6.45) is 4.02. The molecule has 66 valence electrons. The molecule has 0 amide bonds. The minimum atomic E-state index is -0.317. The number of halogens is 1. The van der Waals surface area contributed by atoms with Crippen LogP contribution in [0.2, 0.25) is 0 Å². The lowest BCUT2D eigenvalue weighted by Crippen LogP contribution is -1.83. The molecule has 0 aliphatic rings. The molecule has 0 aromatic carbocycles. The molecule has 0 aliphatic heterocycles. The fourth-order valence-electron chi connectivity index (χ4n) is 1.20. The van der Waals surface area contributed by atoms with E-state index in [0.29, 0.717) is 11.3 Å². The average molecular weight is 178 g/mol. The van der Waals surface area contributed by atoms with Crippen molar-refractivity contribution in [2.75, 3.05) is 0 Å². The van der Waals surface area contributed by atoms with Crippen LogP contribution >= 0.6 is 0 Å². The van der Waals surface area contributed by atoms with Crippen LogP contribution in [0.1, 0.15) is 5.69 Å². The Kier molecular flexibility index (Phi) is 1.81. The quantitative estimate of drug-likeness (QED) is 0.648. The van der Waals surface area contributed by atoms with Gasteiger partial charge in [0.1, 0.15) is 17.8 Å². The lowest BCUT2D eigenvalue weighted by atomic mass is 10.4. The maximum Gasteiger partial charge on any atom is 0.139 e. The number of pyridine rings is 1. The highest BCUT2D eigenvalue weighted by molar-refractivity contribution is 5.54. The van der Waals surface area contributed by atoms with Gasteiger partial charge in [0.05, 0.1) is 5.69 Å². The Morgan fingerprint density at radius 3 is 3.08 bits per heavy atom. The van der Waals surface area contributed by atoms with Crippen LogP contribution in [-0.2, 0) is 11.2 Å². The third-order valence-corrected chi connectivity index (χ3v) is 1.76. The summed E-state index contributed by atoms with van der Waals surface area (Å²) in [5, 5.41) is 0. The van der Waals surface area contributed by atoms with Gasteiger partial charge in [-0.3, -0.25) is 0 Å². The summed E-state index contributed by atoms with van der Waals surface area (Å²) < 4.78 is 14.3. The zero-order valence-electron chi connectivity index (χ0n) is 6.77. The largest absolute Gasteiger partial charge is 0.304 e. The van der Waals surface area contributed by atoms with Gasteiger partial charge in [-0.1, -0.05) is 0 Å². The molecule has 0 bridgehead atoms. The van der Waals surface area contributed by atoms with Crippen LogP contribution in [0.5, 0.6) is 0 Å². The van der Waals surface area contributed by atoms with E-state index in [-0.39, 0.29) is 12.2 Å². The number of hydrogen-bond donors (Lipinski definition) is 0. The van der Waals surface area contributed by atoms with Crippen molar-refractivity contribution in [2.24, 2.45) is 0 Å². The van der Waals surface area contributed by atoms with Crippen LogP contribution in [0.3, 0.4) is 0 Å². The number of aldehydes is 1. The number of rotatable bonds is 2. The highest BCUT2D eigenvalue weighted by Crippen LogP contribution is 2.06.